The van der Waals surface area contributed by atoms with Crippen molar-refractivity contribution in [3.63, 3.8) is 0 Å². The van der Waals surface area contributed by atoms with Crippen LogP contribution in [0.3, 0.4) is 0 Å². The summed E-state index contributed by atoms with van der Waals surface area (Å²) in [4.78, 5) is 27.8. The van der Waals surface area contributed by atoms with Crippen molar-refractivity contribution in [1.29, 1.82) is 0 Å². The SMILES string of the molecule is CN1Cc2ccccc2N(CC(=O)NCCc2ccccc2)C1=O. The van der Waals surface area contributed by atoms with Gasteiger partial charge in [0.1, 0.15) is 6.54 Å². The number of rotatable bonds is 5. The van der Waals surface area contributed by atoms with E-state index >= 15 is 0 Å². The van der Waals surface area contributed by atoms with Crippen molar-refractivity contribution in [1.82, 2.24) is 10.2 Å². The Morgan fingerprint density at radius 1 is 1.08 bits per heavy atom. The lowest BCUT2D eigenvalue weighted by atomic mass is 10.1. The van der Waals surface area contributed by atoms with Gasteiger partial charge in [-0.3, -0.25) is 9.69 Å². The highest BCUT2D eigenvalue weighted by molar-refractivity contribution is 5.99. The Hall–Kier alpha value is -2.82. The van der Waals surface area contributed by atoms with Gasteiger partial charge in [0.15, 0.2) is 0 Å². The highest BCUT2D eigenvalue weighted by atomic mass is 16.2. The molecule has 3 amide bonds. The first-order valence-electron chi connectivity index (χ1n) is 8.06. The first kappa shape index (κ1) is 16.1. The predicted molar refractivity (Wildman–Crippen MR) is 93.8 cm³/mol. The number of anilines is 1. The Morgan fingerprint density at radius 2 is 1.79 bits per heavy atom. The molecule has 3 rings (SSSR count). The van der Waals surface area contributed by atoms with E-state index in [1.807, 2.05) is 54.6 Å². The van der Waals surface area contributed by atoms with Gasteiger partial charge in [-0.05, 0) is 23.6 Å². The van der Waals surface area contributed by atoms with Crippen LogP contribution in [0.2, 0.25) is 0 Å². The van der Waals surface area contributed by atoms with Gasteiger partial charge in [-0.15, -0.1) is 0 Å². The molecule has 0 unspecified atom stereocenters. The molecule has 0 aliphatic carbocycles. The molecule has 5 heteroatoms. The summed E-state index contributed by atoms with van der Waals surface area (Å²) in [6.07, 6.45) is 0.775. The van der Waals surface area contributed by atoms with Crippen molar-refractivity contribution in [3.8, 4) is 0 Å². The number of carbonyl (C=O) groups is 2. The molecule has 0 saturated heterocycles. The molecule has 0 bridgehead atoms. The van der Waals surface area contributed by atoms with E-state index in [0.717, 1.165) is 17.7 Å². The summed E-state index contributed by atoms with van der Waals surface area (Å²) in [7, 11) is 1.75. The average Bonchev–Trinajstić information content (AvgIpc) is 2.60. The summed E-state index contributed by atoms with van der Waals surface area (Å²) in [5.41, 5.74) is 3.05. The molecule has 2 aromatic rings. The zero-order valence-corrected chi connectivity index (χ0v) is 13.7. The third-order valence-corrected chi connectivity index (χ3v) is 4.13. The maximum atomic E-state index is 12.4. The molecule has 0 fully saturated rings. The molecule has 0 spiro atoms. The molecule has 124 valence electrons. The first-order valence-corrected chi connectivity index (χ1v) is 8.06. The van der Waals surface area contributed by atoms with Crippen LogP contribution in [0.5, 0.6) is 0 Å². The van der Waals surface area contributed by atoms with Gasteiger partial charge in [-0.1, -0.05) is 48.5 Å². The van der Waals surface area contributed by atoms with Gasteiger partial charge in [0.05, 0.1) is 5.69 Å². The Labute approximate surface area is 141 Å². The Morgan fingerprint density at radius 3 is 2.58 bits per heavy atom. The van der Waals surface area contributed by atoms with Gasteiger partial charge in [-0.25, -0.2) is 4.79 Å². The maximum Gasteiger partial charge on any atom is 0.325 e. The third kappa shape index (κ3) is 3.56. The number of amides is 3. The Kier molecular flexibility index (Phi) is 4.79. The molecule has 0 radical (unpaired) electrons. The van der Waals surface area contributed by atoms with E-state index in [9.17, 15) is 9.59 Å². The van der Waals surface area contributed by atoms with E-state index < -0.39 is 0 Å². The number of fused-ring (bicyclic) bond motifs is 1. The lowest BCUT2D eigenvalue weighted by molar-refractivity contribution is -0.119. The zero-order chi connectivity index (χ0) is 16.9. The summed E-state index contributed by atoms with van der Waals surface area (Å²) >= 11 is 0. The summed E-state index contributed by atoms with van der Waals surface area (Å²) in [5.74, 6) is -0.149. The lowest BCUT2D eigenvalue weighted by Gasteiger charge is -2.34. The smallest absolute Gasteiger partial charge is 0.325 e. The van der Waals surface area contributed by atoms with E-state index in [1.165, 1.54) is 10.5 Å². The van der Waals surface area contributed by atoms with Crippen molar-refractivity contribution < 1.29 is 9.59 Å². The molecular formula is C19H21N3O2. The van der Waals surface area contributed by atoms with Crippen molar-refractivity contribution >= 4 is 17.6 Å². The highest BCUT2D eigenvalue weighted by Gasteiger charge is 2.29. The number of carbonyl (C=O) groups excluding carboxylic acids is 2. The van der Waals surface area contributed by atoms with E-state index in [1.54, 1.807) is 11.9 Å². The van der Waals surface area contributed by atoms with Gasteiger partial charge in [0.25, 0.3) is 0 Å². The van der Waals surface area contributed by atoms with Crippen LogP contribution >= 0.6 is 0 Å². The van der Waals surface area contributed by atoms with E-state index in [0.29, 0.717) is 13.1 Å². The monoisotopic (exact) mass is 323 g/mol. The number of hydrogen-bond donors (Lipinski definition) is 1. The minimum Gasteiger partial charge on any atom is -0.354 e. The minimum absolute atomic E-state index is 0.0367. The standard InChI is InChI=1S/C19H21N3O2/c1-21-13-16-9-5-6-10-17(16)22(19(21)24)14-18(23)20-12-11-15-7-3-2-4-8-15/h2-10H,11-14H2,1H3,(H,20,23). The molecule has 1 N–H and O–H groups in total. The minimum atomic E-state index is -0.149. The quantitative estimate of drug-likeness (QED) is 0.919. The normalized spacial score (nSPS) is 13.6. The third-order valence-electron chi connectivity index (χ3n) is 4.13. The first-order chi connectivity index (χ1) is 11.6. The summed E-state index contributed by atoms with van der Waals surface area (Å²) < 4.78 is 0. The van der Waals surface area contributed by atoms with Gasteiger partial charge in [0.2, 0.25) is 5.91 Å². The van der Waals surface area contributed by atoms with Gasteiger partial charge in [0, 0.05) is 20.1 Å². The summed E-state index contributed by atoms with van der Waals surface area (Å²) in [6, 6.07) is 17.6. The van der Waals surface area contributed by atoms with Crippen molar-refractivity contribution in [2.75, 3.05) is 25.0 Å². The van der Waals surface area contributed by atoms with E-state index in [2.05, 4.69) is 5.32 Å². The molecule has 1 heterocycles. The van der Waals surface area contributed by atoms with Crippen molar-refractivity contribution in [3.05, 3.63) is 65.7 Å². The fourth-order valence-electron chi connectivity index (χ4n) is 2.88. The molecule has 0 atom stereocenters. The zero-order valence-electron chi connectivity index (χ0n) is 13.7. The maximum absolute atomic E-state index is 12.4. The Balaban J connectivity index is 1.60. The number of urea groups is 1. The number of nitrogens with zero attached hydrogens (tertiary/aromatic N) is 2. The van der Waals surface area contributed by atoms with E-state index in [-0.39, 0.29) is 18.5 Å². The van der Waals surface area contributed by atoms with Crippen LogP contribution in [0.25, 0.3) is 0 Å². The molecule has 2 aromatic carbocycles. The summed E-state index contributed by atoms with van der Waals surface area (Å²) in [6.45, 7) is 1.17. The summed E-state index contributed by atoms with van der Waals surface area (Å²) in [5, 5.41) is 2.89. The van der Waals surface area contributed by atoms with Crippen LogP contribution in [0.4, 0.5) is 10.5 Å². The fourth-order valence-corrected chi connectivity index (χ4v) is 2.88. The number of nitrogens with one attached hydrogen (secondary N) is 1. The van der Waals surface area contributed by atoms with Crippen LogP contribution in [0.15, 0.2) is 54.6 Å². The van der Waals surface area contributed by atoms with Gasteiger partial charge in [-0.2, -0.15) is 0 Å². The van der Waals surface area contributed by atoms with Crippen LogP contribution < -0.4 is 10.2 Å². The van der Waals surface area contributed by atoms with Crippen LogP contribution in [-0.4, -0.2) is 37.0 Å². The molecule has 1 aliphatic heterocycles. The molecule has 1 aliphatic rings. The second kappa shape index (κ2) is 7.17. The van der Waals surface area contributed by atoms with Gasteiger partial charge < -0.3 is 10.2 Å². The van der Waals surface area contributed by atoms with E-state index in [4.69, 9.17) is 0 Å². The average molecular weight is 323 g/mol. The predicted octanol–water partition coefficient (Wildman–Crippen LogP) is 2.42. The van der Waals surface area contributed by atoms with Crippen molar-refractivity contribution in [2.45, 2.75) is 13.0 Å². The van der Waals surface area contributed by atoms with Crippen LogP contribution in [-0.2, 0) is 17.8 Å². The van der Waals surface area contributed by atoms with Crippen LogP contribution in [0, 0.1) is 0 Å². The van der Waals surface area contributed by atoms with Crippen LogP contribution in [0.1, 0.15) is 11.1 Å². The molecule has 5 nitrogen and oxygen atoms in total. The fraction of sp³-hybridized carbons (Fsp3) is 0.263. The molecule has 0 aromatic heterocycles. The molecule has 0 saturated carbocycles. The topological polar surface area (TPSA) is 52.6 Å². The Bertz CT molecular complexity index is 730. The lowest BCUT2D eigenvalue weighted by Crippen LogP contribution is -2.49. The number of benzene rings is 2. The molecule has 24 heavy (non-hydrogen) atoms. The van der Waals surface area contributed by atoms with Gasteiger partial charge >= 0.3 is 6.03 Å². The molecular weight excluding hydrogens is 302 g/mol. The van der Waals surface area contributed by atoms with Crippen molar-refractivity contribution in [2.24, 2.45) is 0 Å². The highest BCUT2D eigenvalue weighted by Crippen LogP contribution is 2.27. The number of hydrogen-bond acceptors (Lipinski definition) is 2. The second-order valence-electron chi connectivity index (χ2n) is 5.94. The number of para-hydroxylation sites is 1. The second-order valence-corrected chi connectivity index (χ2v) is 5.94. The largest absolute Gasteiger partial charge is 0.354 e.